The second-order valence-corrected chi connectivity index (χ2v) is 7.51. The van der Waals surface area contributed by atoms with Gasteiger partial charge in [0.25, 0.3) is 0 Å². The Morgan fingerprint density at radius 2 is 2.04 bits per heavy atom. The second kappa shape index (κ2) is 8.06. The van der Waals surface area contributed by atoms with Crippen LogP contribution < -0.4 is 5.32 Å². The smallest absolute Gasteiger partial charge is 0.317 e. The van der Waals surface area contributed by atoms with E-state index in [9.17, 15) is 9.18 Å². The fraction of sp³-hybridized carbons (Fsp3) is 0.286. The molecule has 140 valence electrons. The van der Waals surface area contributed by atoms with Crippen LogP contribution in [0.2, 0.25) is 0 Å². The summed E-state index contributed by atoms with van der Waals surface area (Å²) in [4.78, 5) is 14.3. The summed E-state index contributed by atoms with van der Waals surface area (Å²) >= 11 is 1.73. The first kappa shape index (κ1) is 17.9. The van der Waals surface area contributed by atoms with Crippen molar-refractivity contribution in [2.75, 3.05) is 26.2 Å². The first-order chi connectivity index (χ1) is 13.2. The van der Waals surface area contributed by atoms with Gasteiger partial charge in [0.05, 0.1) is 13.2 Å². The van der Waals surface area contributed by atoms with Crippen LogP contribution >= 0.6 is 11.3 Å². The summed E-state index contributed by atoms with van der Waals surface area (Å²) in [6, 6.07) is 14.5. The normalized spacial score (nSPS) is 17.2. The van der Waals surface area contributed by atoms with Crippen molar-refractivity contribution in [1.29, 1.82) is 0 Å². The molecule has 0 bridgehead atoms. The van der Waals surface area contributed by atoms with Gasteiger partial charge in [0.2, 0.25) is 0 Å². The fourth-order valence-electron chi connectivity index (χ4n) is 3.36. The zero-order chi connectivity index (χ0) is 18.6. The number of carbonyl (C=O) groups is 1. The zero-order valence-corrected chi connectivity index (χ0v) is 15.7. The Kier molecular flexibility index (Phi) is 5.36. The minimum atomic E-state index is -0.273. The number of carbonyl (C=O) groups excluding carboxylic acids is 1. The van der Waals surface area contributed by atoms with Crippen molar-refractivity contribution >= 4 is 27.5 Å². The summed E-state index contributed by atoms with van der Waals surface area (Å²) in [6.07, 6.45) is 0.590. The quantitative estimate of drug-likeness (QED) is 0.726. The van der Waals surface area contributed by atoms with Gasteiger partial charge in [-0.2, -0.15) is 0 Å². The molecule has 1 aromatic heterocycles. The lowest BCUT2D eigenvalue weighted by atomic mass is 10.1. The molecule has 1 atom stereocenters. The highest BCUT2D eigenvalue weighted by Crippen LogP contribution is 2.26. The average molecular weight is 384 g/mol. The Hall–Kier alpha value is -2.44. The van der Waals surface area contributed by atoms with E-state index in [-0.39, 0.29) is 18.0 Å². The van der Waals surface area contributed by atoms with Crippen LogP contribution in [0, 0.1) is 5.82 Å². The van der Waals surface area contributed by atoms with Crippen LogP contribution in [-0.2, 0) is 11.2 Å². The van der Waals surface area contributed by atoms with Crippen molar-refractivity contribution < 1.29 is 13.9 Å². The Labute approximate surface area is 161 Å². The number of benzene rings is 2. The summed E-state index contributed by atoms with van der Waals surface area (Å²) in [5.41, 5.74) is 2.15. The molecule has 2 aromatic carbocycles. The maximum Gasteiger partial charge on any atom is 0.317 e. The van der Waals surface area contributed by atoms with Crippen molar-refractivity contribution in [3.8, 4) is 0 Å². The highest BCUT2D eigenvalue weighted by Gasteiger charge is 2.25. The maximum absolute atomic E-state index is 13.1. The van der Waals surface area contributed by atoms with E-state index in [2.05, 4.69) is 22.8 Å². The number of ether oxygens (including phenoxy) is 1. The predicted octanol–water partition coefficient (Wildman–Crippen LogP) is 4.37. The molecule has 1 fully saturated rings. The monoisotopic (exact) mass is 384 g/mol. The molecular formula is C21H21FN2O2S. The summed E-state index contributed by atoms with van der Waals surface area (Å²) < 4.78 is 20.1. The van der Waals surface area contributed by atoms with Gasteiger partial charge in [0.15, 0.2) is 0 Å². The van der Waals surface area contributed by atoms with Gasteiger partial charge in [-0.15, -0.1) is 11.3 Å². The van der Waals surface area contributed by atoms with Crippen LogP contribution in [0.15, 0.2) is 53.9 Å². The van der Waals surface area contributed by atoms with Gasteiger partial charge in [-0.3, -0.25) is 0 Å². The fourth-order valence-corrected chi connectivity index (χ4v) is 4.35. The third-order valence-electron chi connectivity index (χ3n) is 4.83. The highest BCUT2D eigenvalue weighted by molar-refractivity contribution is 7.17. The molecule has 2 heterocycles. The lowest BCUT2D eigenvalue weighted by Crippen LogP contribution is -2.47. The lowest BCUT2D eigenvalue weighted by molar-refractivity contribution is -0.0154. The summed E-state index contributed by atoms with van der Waals surface area (Å²) in [5.74, 6) is -0.273. The average Bonchev–Trinajstić information content (AvgIpc) is 3.12. The zero-order valence-electron chi connectivity index (χ0n) is 14.9. The van der Waals surface area contributed by atoms with Gasteiger partial charge >= 0.3 is 6.03 Å². The Balaban J connectivity index is 1.32. The molecule has 1 saturated heterocycles. The number of urea groups is 1. The maximum atomic E-state index is 13.1. The standard InChI is InChI=1S/C21H21FN2O2S/c22-17-7-5-15(6-8-17)19-13-24(11-12-26-19)21(25)23-10-9-16-14-27-20-4-2-1-3-18(16)20/h1-8,14,19H,9-13H2,(H,23,25). The van der Waals surface area contributed by atoms with Gasteiger partial charge < -0.3 is 15.0 Å². The number of nitrogens with zero attached hydrogens (tertiary/aromatic N) is 1. The Bertz CT molecular complexity index is 925. The van der Waals surface area contributed by atoms with E-state index in [1.807, 2.05) is 12.1 Å². The van der Waals surface area contributed by atoms with E-state index >= 15 is 0 Å². The van der Waals surface area contributed by atoms with Gasteiger partial charge in [-0.1, -0.05) is 30.3 Å². The van der Waals surface area contributed by atoms with E-state index < -0.39 is 0 Å². The molecule has 4 nitrogen and oxygen atoms in total. The van der Waals surface area contributed by atoms with Crippen molar-refractivity contribution in [3.05, 3.63) is 70.9 Å². The molecule has 27 heavy (non-hydrogen) atoms. The number of fused-ring (bicyclic) bond motifs is 1. The number of morpholine rings is 1. The van der Waals surface area contributed by atoms with Crippen molar-refractivity contribution in [2.45, 2.75) is 12.5 Å². The van der Waals surface area contributed by atoms with Gasteiger partial charge in [-0.05, 0) is 46.5 Å². The predicted molar refractivity (Wildman–Crippen MR) is 106 cm³/mol. The first-order valence-corrected chi connectivity index (χ1v) is 9.93. The molecule has 1 N–H and O–H groups in total. The number of amides is 2. The molecular weight excluding hydrogens is 363 g/mol. The van der Waals surface area contributed by atoms with E-state index in [0.717, 1.165) is 12.0 Å². The molecule has 2 amide bonds. The topological polar surface area (TPSA) is 41.6 Å². The number of hydrogen-bond donors (Lipinski definition) is 1. The minimum Gasteiger partial charge on any atom is -0.370 e. The lowest BCUT2D eigenvalue weighted by Gasteiger charge is -2.33. The van der Waals surface area contributed by atoms with Crippen molar-refractivity contribution in [3.63, 3.8) is 0 Å². The SMILES string of the molecule is O=C(NCCc1csc2ccccc12)N1CCOC(c2ccc(F)cc2)C1. The minimum absolute atomic E-state index is 0.0788. The van der Waals surface area contributed by atoms with E-state index in [1.165, 1.54) is 27.8 Å². The number of thiophene rings is 1. The van der Waals surface area contributed by atoms with E-state index in [1.54, 1.807) is 28.4 Å². The highest BCUT2D eigenvalue weighted by atomic mass is 32.1. The second-order valence-electron chi connectivity index (χ2n) is 6.60. The molecule has 0 spiro atoms. The van der Waals surface area contributed by atoms with Crippen molar-refractivity contribution in [1.82, 2.24) is 10.2 Å². The largest absolute Gasteiger partial charge is 0.370 e. The molecule has 4 rings (SSSR count). The summed E-state index contributed by atoms with van der Waals surface area (Å²) in [7, 11) is 0. The molecule has 6 heteroatoms. The van der Waals surface area contributed by atoms with E-state index in [0.29, 0.717) is 26.2 Å². The van der Waals surface area contributed by atoms with E-state index in [4.69, 9.17) is 4.74 Å². The molecule has 1 aliphatic heterocycles. The third kappa shape index (κ3) is 4.12. The molecule has 0 radical (unpaired) electrons. The number of halogens is 1. The number of hydrogen-bond acceptors (Lipinski definition) is 3. The third-order valence-corrected chi connectivity index (χ3v) is 5.84. The van der Waals surface area contributed by atoms with Crippen LogP contribution in [0.4, 0.5) is 9.18 Å². The van der Waals surface area contributed by atoms with Crippen molar-refractivity contribution in [2.24, 2.45) is 0 Å². The molecule has 0 saturated carbocycles. The van der Waals surface area contributed by atoms with Crippen LogP contribution in [0.5, 0.6) is 0 Å². The van der Waals surface area contributed by atoms with Crippen LogP contribution in [0.1, 0.15) is 17.2 Å². The number of nitrogens with one attached hydrogen (secondary N) is 1. The van der Waals surface area contributed by atoms with Gasteiger partial charge in [0.1, 0.15) is 11.9 Å². The molecule has 1 unspecified atom stereocenters. The summed E-state index contributed by atoms with van der Waals surface area (Å²) in [6.45, 7) is 2.10. The van der Waals surface area contributed by atoms with Gasteiger partial charge in [-0.25, -0.2) is 9.18 Å². The van der Waals surface area contributed by atoms with Crippen LogP contribution in [0.3, 0.4) is 0 Å². The molecule has 1 aliphatic rings. The summed E-state index contributed by atoms with van der Waals surface area (Å²) in [5, 5.41) is 6.44. The van der Waals surface area contributed by atoms with Gasteiger partial charge in [0, 0.05) is 17.8 Å². The van der Waals surface area contributed by atoms with Crippen LogP contribution in [-0.4, -0.2) is 37.2 Å². The first-order valence-electron chi connectivity index (χ1n) is 9.05. The Morgan fingerprint density at radius 3 is 2.89 bits per heavy atom. The van der Waals surface area contributed by atoms with Crippen LogP contribution in [0.25, 0.3) is 10.1 Å². The number of rotatable bonds is 4. The molecule has 3 aromatic rings. The molecule has 0 aliphatic carbocycles. The Morgan fingerprint density at radius 1 is 1.22 bits per heavy atom.